The van der Waals surface area contributed by atoms with Crippen LogP contribution in [0.5, 0.6) is 0 Å². The molecule has 0 aliphatic heterocycles. The van der Waals surface area contributed by atoms with Crippen LogP contribution in [0.3, 0.4) is 0 Å². The zero-order valence-corrected chi connectivity index (χ0v) is 9.08. The maximum absolute atomic E-state index is 4.24. The van der Waals surface area contributed by atoms with Crippen LogP contribution in [0.1, 0.15) is 18.2 Å². The Morgan fingerprint density at radius 3 is 3.00 bits per heavy atom. The van der Waals surface area contributed by atoms with Gasteiger partial charge in [-0.1, -0.05) is 18.7 Å². The minimum Gasteiger partial charge on any atom is -0.256 e. The third-order valence-corrected chi connectivity index (χ3v) is 1.74. The molecule has 1 nitrogen and oxygen atoms in total. The second-order valence-corrected chi connectivity index (χ2v) is 4.11. The maximum Gasteiger partial charge on any atom is 0.0708 e. The molecule has 0 spiro atoms. The molecular formula is C10H10IN. The summed E-state index contributed by atoms with van der Waals surface area (Å²) in [5.74, 6) is 0. The minimum atomic E-state index is 0.986. The molecule has 0 saturated heterocycles. The van der Waals surface area contributed by atoms with E-state index in [1.807, 2.05) is 31.2 Å². The lowest BCUT2D eigenvalue weighted by molar-refractivity contribution is 1.28. The topological polar surface area (TPSA) is 12.9 Å². The van der Waals surface area contributed by atoms with Crippen molar-refractivity contribution in [2.75, 3.05) is 0 Å². The number of aromatic nitrogens is 1. The number of hydrogen-bond acceptors (Lipinski definition) is 1. The van der Waals surface area contributed by atoms with Gasteiger partial charge in [-0.3, -0.25) is 4.98 Å². The highest BCUT2D eigenvalue weighted by atomic mass is 127. The first-order valence-corrected chi connectivity index (χ1v) is 4.73. The Bertz CT molecular complexity index is 311. The maximum atomic E-state index is 4.24. The number of halogens is 1. The SMILES string of the molecule is C=Cc1cccnc1/C=C(\C)I. The van der Waals surface area contributed by atoms with Crippen molar-refractivity contribution in [3.05, 3.63) is 39.7 Å². The average Bonchev–Trinajstić information content (AvgIpc) is 2.04. The van der Waals surface area contributed by atoms with E-state index < -0.39 is 0 Å². The Morgan fingerprint density at radius 1 is 1.67 bits per heavy atom. The van der Waals surface area contributed by atoms with Gasteiger partial charge in [0.15, 0.2) is 0 Å². The minimum absolute atomic E-state index is 0.986. The fourth-order valence-corrected chi connectivity index (χ4v) is 1.21. The summed E-state index contributed by atoms with van der Waals surface area (Å²) in [6.45, 7) is 5.77. The Hall–Kier alpha value is -0.640. The molecule has 0 unspecified atom stereocenters. The van der Waals surface area contributed by atoms with Gasteiger partial charge in [-0.15, -0.1) is 0 Å². The zero-order valence-electron chi connectivity index (χ0n) is 6.92. The first-order valence-electron chi connectivity index (χ1n) is 3.65. The number of nitrogens with zero attached hydrogens (tertiary/aromatic N) is 1. The molecule has 62 valence electrons. The molecule has 12 heavy (non-hydrogen) atoms. The fraction of sp³-hybridized carbons (Fsp3) is 0.100. The number of pyridine rings is 1. The van der Waals surface area contributed by atoms with Crippen molar-refractivity contribution in [1.82, 2.24) is 4.98 Å². The molecule has 2 heteroatoms. The van der Waals surface area contributed by atoms with Gasteiger partial charge in [0.2, 0.25) is 0 Å². The van der Waals surface area contributed by atoms with Gasteiger partial charge >= 0.3 is 0 Å². The lowest BCUT2D eigenvalue weighted by Crippen LogP contribution is -1.84. The van der Waals surface area contributed by atoms with Gasteiger partial charge in [0.05, 0.1) is 5.69 Å². The largest absolute Gasteiger partial charge is 0.256 e. The van der Waals surface area contributed by atoms with Crippen LogP contribution >= 0.6 is 22.6 Å². The van der Waals surface area contributed by atoms with Gasteiger partial charge in [-0.2, -0.15) is 0 Å². The summed E-state index contributed by atoms with van der Waals surface area (Å²) in [6, 6.07) is 3.92. The summed E-state index contributed by atoms with van der Waals surface area (Å²) in [7, 11) is 0. The molecule has 1 rings (SSSR count). The molecule has 1 aromatic heterocycles. The highest BCUT2D eigenvalue weighted by Gasteiger charge is 1.94. The molecule has 0 atom stereocenters. The van der Waals surface area contributed by atoms with E-state index in [1.165, 1.54) is 3.58 Å². The van der Waals surface area contributed by atoms with Gasteiger partial charge in [-0.05, 0) is 50.8 Å². The average molecular weight is 271 g/mol. The van der Waals surface area contributed by atoms with Crippen LogP contribution in [0.25, 0.3) is 12.2 Å². The van der Waals surface area contributed by atoms with Crippen molar-refractivity contribution in [1.29, 1.82) is 0 Å². The smallest absolute Gasteiger partial charge is 0.0708 e. The molecule has 0 aliphatic rings. The number of rotatable bonds is 2. The van der Waals surface area contributed by atoms with Crippen molar-refractivity contribution in [3.63, 3.8) is 0 Å². The predicted octanol–water partition coefficient (Wildman–Crippen LogP) is 3.52. The molecule has 1 heterocycles. The Balaban J connectivity index is 3.14. The van der Waals surface area contributed by atoms with E-state index in [0.717, 1.165) is 11.3 Å². The van der Waals surface area contributed by atoms with E-state index in [-0.39, 0.29) is 0 Å². The summed E-state index contributed by atoms with van der Waals surface area (Å²) < 4.78 is 1.22. The molecule has 0 fully saturated rings. The third kappa shape index (κ3) is 2.44. The van der Waals surface area contributed by atoms with Gasteiger partial charge in [0.25, 0.3) is 0 Å². The Morgan fingerprint density at radius 2 is 2.42 bits per heavy atom. The normalized spacial score (nSPS) is 11.3. The lowest BCUT2D eigenvalue weighted by Gasteiger charge is -1.98. The molecule has 1 aromatic rings. The first-order chi connectivity index (χ1) is 5.74. The Kier molecular flexibility index (Phi) is 3.47. The van der Waals surface area contributed by atoms with E-state index in [4.69, 9.17) is 0 Å². The van der Waals surface area contributed by atoms with Gasteiger partial charge in [-0.25, -0.2) is 0 Å². The summed E-state index contributed by atoms with van der Waals surface area (Å²) in [4.78, 5) is 4.24. The van der Waals surface area contributed by atoms with Crippen LogP contribution in [0.4, 0.5) is 0 Å². The molecule has 0 bridgehead atoms. The van der Waals surface area contributed by atoms with Crippen molar-refractivity contribution >= 4 is 34.7 Å². The zero-order chi connectivity index (χ0) is 8.97. The van der Waals surface area contributed by atoms with Crippen molar-refractivity contribution in [2.45, 2.75) is 6.92 Å². The summed E-state index contributed by atoms with van der Waals surface area (Å²) >= 11 is 2.27. The van der Waals surface area contributed by atoms with Crippen LogP contribution in [0, 0.1) is 0 Å². The molecule has 0 aromatic carbocycles. The standard InChI is InChI=1S/C10H10IN/c1-3-9-5-4-6-12-10(9)7-8(2)11/h3-7H,1H2,2H3/b8-7+. The molecule has 0 aliphatic carbocycles. The Labute approximate surface area is 86.4 Å². The first kappa shape index (κ1) is 9.45. The van der Waals surface area contributed by atoms with E-state index in [9.17, 15) is 0 Å². The van der Waals surface area contributed by atoms with Gasteiger partial charge in [0, 0.05) is 6.20 Å². The summed E-state index contributed by atoms with van der Waals surface area (Å²) in [6.07, 6.45) is 5.65. The molecule has 0 saturated carbocycles. The van der Waals surface area contributed by atoms with Crippen LogP contribution in [-0.4, -0.2) is 4.98 Å². The van der Waals surface area contributed by atoms with Crippen molar-refractivity contribution in [2.24, 2.45) is 0 Å². The molecular weight excluding hydrogens is 261 g/mol. The highest BCUT2D eigenvalue weighted by molar-refractivity contribution is 14.1. The second-order valence-electron chi connectivity index (χ2n) is 2.41. The van der Waals surface area contributed by atoms with E-state index in [2.05, 4.69) is 34.2 Å². The van der Waals surface area contributed by atoms with Crippen LogP contribution in [-0.2, 0) is 0 Å². The van der Waals surface area contributed by atoms with Gasteiger partial charge in [0.1, 0.15) is 0 Å². The van der Waals surface area contributed by atoms with E-state index in [1.54, 1.807) is 6.20 Å². The number of hydrogen-bond donors (Lipinski definition) is 0. The molecule has 0 radical (unpaired) electrons. The highest BCUT2D eigenvalue weighted by Crippen LogP contribution is 2.14. The quantitative estimate of drug-likeness (QED) is 0.750. The van der Waals surface area contributed by atoms with Crippen LogP contribution < -0.4 is 0 Å². The van der Waals surface area contributed by atoms with E-state index in [0.29, 0.717) is 0 Å². The van der Waals surface area contributed by atoms with Crippen molar-refractivity contribution < 1.29 is 0 Å². The fourth-order valence-electron chi connectivity index (χ4n) is 0.912. The number of allylic oxidation sites excluding steroid dienone is 1. The molecule has 0 N–H and O–H groups in total. The van der Waals surface area contributed by atoms with Crippen LogP contribution in [0.15, 0.2) is 28.5 Å². The van der Waals surface area contributed by atoms with Gasteiger partial charge < -0.3 is 0 Å². The second kappa shape index (κ2) is 4.40. The predicted molar refractivity (Wildman–Crippen MR) is 62.0 cm³/mol. The monoisotopic (exact) mass is 271 g/mol. The third-order valence-electron chi connectivity index (χ3n) is 1.43. The summed E-state index contributed by atoms with van der Waals surface area (Å²) in [5, 5.41) is 0. The molecule has 0 amide bonds. The summed E-state index contributed by atoms with van der Waals surface area (Å²) in [5.41, 5.74) is 2.06. The van der Waals surface area contributed by atoms with Crippen molar-refractivity contribution in [3.8, 4) is 0 Å². The lowest BCUT2D eigenvalue weighted by atomic mass is 10.2. The van der Waals surface area contributed by atoms with Crippen LogP contribution in [0.2, 0.25) is 0 Å². The van der Waals surface area contributed by atoms with E-state index >= 15 is 0 Å².